The van der Waals surface area contributed by atoms with Gasteiger partial charge < -0.3 is 14.8 Å². The number of hydrogen-bond donors (Lipinski definition) is 1. The van der Waals surface area contributed by atoms with Gasteiger partial charge in [0, 0.05) is 6.61 Å². The average Bonchev–Trinajstić information content (AvgIpc) is 2.22. The maximum absolute atomic E-state index is 11.4. The quantitative estimate of drug-likeness (QED) is 0.514. The molecule has 0 amide bonds. The first kappa shape index (κ1) is 14.4. The van der Waals surface area contributed by atoms with E-state index in [-0.39, 0.29) is 5.97 Å². The van der Waals surface area contributed by atoms with Crippen LogP contribution in [-0.4, -0.2) is 38.9 Å². The highest BCUT2D eigenvalue weighted by molar-refractivity contribution is 5.80. The molecule has 0 saturated carbocycles. The summed E-state index contributed by atoms with van der Waals surface area (Å²) in [6, 6.07) is 0. The third-order valence-electron chi connectivity index (χ3n) is 2.42. The minimum Gasteiger partial charge on any atom is -0.468 e. The van der Waals surface area contributed by atoms with Gasteiger partial charge in [-0.15, -0.1) is 0 Å². The van der Waals surface area contributed by atoms with Crippen LogP contribution in [0.25, 0.3) is 0 Å². The fraction of sp³-hybridized carbons (Fsp3) is 0.909. The molecule has 90 valence electrons. The van der Waals surface area contributed by atoms with Gasteiger partial charge in [0.15, 0.2) is 0 Å². The summed E-state index contributed by atoms with van der Waals surface area (Å²) < 4.78 is 10.2. The molecule has 0 radical (unpaired) electrons. The van der Waals surface area contributed by atoms with E-state index in [4.69, 9.17) is 9.47 Å². The van der Waals surface area contributed by atoms with E-state index < -0.39 is 5.54 Å². The smallest absolute Gasteiger partial charge is 0.328 e. The molecule has 0 heterocycles. The van der Waals surface area contributed by atoms with Crippen molar-refractivity contribution in [3.63, 3.8) is 0 Å². The molecule has 0 rings (SSSR count). The third-order valence-corrected chi connectivity index (χ3v) is 2.42. The maximum atomic E-state index is 11.4. The molecule has 0 aliphatic rings. The lowest BCUT2D eigenvalue weighted by molar-refractivity contribution is -0.150. The Hall–Kier alpha value is -0.610. The van der Waals surface area contributed by atoms with Crippen LogP contribution in [0.3, 0.4) is 0 Å². The van der Waals surface area contributed by atoms with Crippen LogP contribution in [-0.2, 0) is 14.3 Å². The number of likely N-dealkylation sites (N-methyl/N-ethyl adjacent to an activating group) is 1. The van der Waals surface area contributed by atoms with Gasteiger partial charge in [-0.05, 0) is 26.3 Å². The van der Waals surface area contributed by atoms with E-state index in [0.29, 0.717) is 19.1 Å². The summed E-state index contributed by atoms with van der Waals surface area (Å²) in [4.78, 5) is 11.4. The van der Waals surface area contributed by atoms with Crippen molar-refractivity contribution in [3.05, 3.63) is 0 Å². The fourth-order valence-corrected chi connectivity index (χ4v) is 1.05. The predicted octanol–water partition coefficient (Wildman–Crippen LogP) is 1.20. The van der Waals surface area contributed by atoms with Crippen molar-refractivity contribution in [1.82, 2.24) is 5.32 Å². The minimum atomic E-state index is -0.744. The Balaban J connectivity index is 3.94. The lowest BCUT2D eigenvalue weighted by Crippen LogP contribution is -2.52. The van der Waals surface area contributed by atoms with Gasteiger partial charge in [0.25, 0.3) is 0 Å². The number of ether oxygens (including phenoxy) is 2. The lowest BCUT2D eigenvalue weighted by atomic mass is 10.1. The second-order valence-electron chi connectivity index (χ2n) is 4.31. The highest BCUT2D eigenvalue weighted by Gasteiger charge is 2.32. The zero-order valence-corrected chi connectivity index (χ0v) is 10.4. The van der Waals surface area contributed by atoms with Gasteiger partial charge in [-0.1, -0.05) is 13.8 Å². The Morgan fingerprint density at radius 3 is 2.47 bits per heavy atom. The van der Waals surface area contributed by atoms with E-state index in [1.54, 1.807) is 14.0 Å². The molecule has 0 aromatic carbocycles. The van der Waals surface area contributed by atoms with Gasteiger partial charge in [-0.2, -0.15) is 0 Å². The van der Waals surface area contributed by atoms with E-state index in [9.17, 15) is 4.79 Å². The number of carbonyl (C=O) groups is 1. The van der Waals surface area contributed by atoms with Crippen molar-refractivity contribution in [3.8, 4) is 0 Å². The molecule has 1 unspecified atom stereocenters. The van der Waals surface area contributed by atoms with Crippen LogP contribution in [0.15, 0.2) is 0 Å². The van der Waals surface area contributed by atoms with Crippen LogP contribution in [0.5, 0.6) is 0 Å². The van der Waals surface area contributed by atoms with E-state index >= 15 is 0 Å². The standard InChI is InChI=1S/C11H23NO3/c1-9(2)6-7-15-8-11(3,12-4)10(13)14-5/h9,12H,6-8H2,1-5H3. The number of rotatable bonds is 7. The number of nitrogens with one attached hydrogen (secondary N) is 1. The Labute approximate surface area is 92.3 Å². The molecule has 15 heavy (non-hydrogen) atoms. The zero-order chi connectivity index (χ0) is 11.9. The van der Waals surface area contributed by atoms with Crippen molar-refractivity contribution < 1.29 is 14.3 Å². The molecular weight excluding hydrogens is 194 g/mol. The van der Waals surface area contributed by atoms with Gasteiger partial charge in [0.2, 0.25) is 0 Å². The molecule has 0 aromatic heterocycles. The van der Waals surface area contributed by atoms with Crippen LogP contribution >= 0.6 is 0 Å². The van der Waals surface area contributed by atoms with Gasteiger partial charge in [0.05, 0.1) is 13.7 Å². The zero-order valence-electron chi connectivity index (χ0n) is 10.4. The van der Waals surface area contributed by atoms with Crippen LogP contribution in [0.2, 0.25) is 0 Å². The Morgan fingerprint density at radius 1 is 1.47 bits per heavy atom. The van der Waals surface area contributed by atoms with Crippen LogP contribution < -0.4 is 5.32 Å². The summed E-state index contributed by atoms with van der Waals surface area (Å²) in [7, 11) is 3.11. The highest BCUT2D eigenvalue weighted by Crippen LogP contribution is 2.07. The lowest BCUT2D eigenvalue weighted by Gasteiger charge is -2.25. The van der Waals surface area contributed by atoms with Crippen molar-refractivity contribution in [1.29, 1.82) is 0 Å². The third kappa shape index (κ3) is 5.14. The number of hydrogen-bond acceptors (Lipinski definition) is 4. The number of methoxy groups -OCH3 is 1. The molecule has 4 nitrogen and oxygen atoms in total. The second-order valence-corrected chi connectivity index (χ2v) is 4.31. The van der Waals surface area contributed by atoms with Crippen LogP contribution in [0.4, 0.5) is 0 Å². The van der Waals surface area contributed by atoms with E-state index in [1.807, 2.05) is 0 Å². The topological polar surface area (TPSA) is 47.6 Å². The molecule has 0 fully saturated rings. The average molecular weight is 217 g/mol. The SMILES string of the molecule is CNC(C)(COCCC(C)C)C(=O)OC. The van der Waals surface area contributed by atoms with Gasteiger partial charge in [-0.25, -0.2) is 4.79 Å². The minimum absolute atomic E-state index is 0.297. The number of carbonyl (C=O) groups excluding carboxylic acids is 1. The van der Waals surface area contributed by atoms with Crippen molar-refractivity contribution in [2.75, 3.05) is 27.4 Å². The molecule has 0 aliphatic carbocycles. The molecule has 0 bridgehead atoms. The molecule has 0 spiro atoms. The largest absolute Gasteiger partial charge is 0.468 e. The first-order chi connectivity index (χ1) is 6.96. The highest BCUT2D eigenvalue weighted by atomic mass is 16.5. The van der Waals surface area contributed by atoms with Crippen LogP contribution in [0.1, 0.15) is 27.2 Å². The van der Waals surface area contributed by atoms with Gasteiger partial charge >= 0.3 is 5.97 Å². The number of esters is 1. The van der Waals surface area contributed by atoms with Gasteiger partial charge in [0.1, 0.15) is 5.54 Å². The molecule has 0 aromatic rings. The summed E-state index contributed by atoms with van der Waals surface area (Å²) in [5, 5.41) is 2.92. The molecule has 0 aliphatic heterocycles. The monoisotopic (exact) mass is 217 g/mol. The molecule has 1 atom stereocenters. The van der Waals surface area contributed by atoms with Crippen molar-refractivity contribution >= 4 is 5.97 Å². The van der Waals surface area contributed by atoms with Gasteiger partial charge in [-0.3, -0.25) is 0 Å². The van der Waals surface area contributed by atoms with Crippen LogP contribution in [0, 0.1) is 5.92 Å². The first-order valence-corrected chi connectivity index (χ1v) is 5.31. The summed E-state index contributed by atoms with van der Waals surface area (Å²) in [6.07, 6.45) is 1.00. The normalized spacial score (nSPS) is 15.1. The second kappa shape index (κ2) is 6.80. The van der Waals surface area contributed by atoms with E-state index in [0.717, 1.165) is 6.42 Å². The molecule has 0 saturated heterocycles. The molecule has 4 heteroatoms. The van der Waals surface area contributed by atoms with Crippen molar-refractivity contribution in [2.45, 2.75) is 32.7 Å². The molecular formula is C11H23NO3. The summed E-state index contributed by atoms with van der Waals surface area (Å²) in [5.41, 5.74) is -0.744. The summed E-state index contributed by atoms with van der Waals surface area (Å²) in [6.45, 7) is 7.06. The maximum Gasteiger partial charge on any atom is 0.328 e. The van der Waals surface area contributed by atoms with E-state index in [2.05, 4.69) is 19.2 Å². The Bertz CT molecular complexity index is 194. The van der Waals surface area contributed by atoms with E-state index in [1.165, 1.54) is 7.11 Å². The summed E-state index contributed by atoms with van der Waals surface area (Å²) in [5.74, 6) is 0.318. The Kier molecular flexibility index (Phi) is 6.52. The molecule has 1 N–H and O–H groups in total. The van der Waals surface area contributed by atoms with Crippen molar-refractivity contribution in [2.24, 2.45) is 5.92 Å². The fourth-order valence-electron chi connectivity index (χ4n) is 1.05. The predicted molar refractivity (Wildman–Crippen MR) is 59.8 cm³/mol. The first-order valence-electron chi connectivity index (χ1n) is 5.31. The Morgan fingerprint density at radius 2 is 2.07 bits per heavy atom. The summed E-state index contributed by atoms with van der Waals surface area (Å²) >= 11 is 0.